The van der Waals surface area contributed by atoms with E-state index in [9.17, 15) is 4.79 Å². The lowest BCUT2D eigenvalue weighted by molar-refractivity contribution is -0.114. The predicted molar refractivity (Wildman–Crippen MR) is 121 cm³/mol. The molecule has 6 nitrogen and oxygen atoms in total. The summed E-state index contributed by atoms with van der Waals surface area (Å²) in [5.74, 6) is 1.22. The fourth-order valence-electron chi connectivity index (χ4n) is 2.55. The van der Waals surface area contributed by atoms with Crippen LogP contribution in [0.25, 0.3) is 9.88 Å². The van der Waals surface area contributed by atoms with E-state index in [0.29, 0.717) is 5.82 Å². The van der Waals surface area contributed by atoms with Gasteiger partial charge < -0.3 is 10.6 Å². The average molecular weight is 440 g/mol. The van der Waals surface area contributed by atoms with E-state index in [1.54, 1.807) is 29.3 Å². The molecule has 4 aromatic rings. The highest BCUT2D eigenvalue weighted by atomic mass is 32.2. The molecule has 0 spiro atoms. The molecule has 0 radical (unpaired) electrons. The van der Waals surface area contributed by atoms with Gasteiger partial charge in [-0.15, -0.1) is 33.3 Å². The fourth-order valence-corrected chi connectivity index (χ4v) is 5.57. The summed E-state index contributed by atoms with van der Waals surface area (Å²) in [4.78, 5) is 17.7. The first-order valence-corrected chi connectivity index (χ1v) is 11.4. The lowest BCUT2D eigenvalue weighted by Crippen LogP contribution is -2.07. The fraction of sp³-hybridized carbons (Fsp3) is 0.100. The summed E-state index contributed by atoms with van der Waals surface area (Å²) < 4.78 is 0. The highest BCUT2D eigenvalue weighted by Gasteiger charge is 2.14. The number of rotatable bonds is 7. The number of carbonyl (C=O) groups excluding carboxylic acids is 1. The van der Waals surface area contributed by atoms with Crippen LogP contribution >= 0.6 is 34.4 Å². The van der Waals surface area contributed by atoms with Gasteiger partial charge in [0.1, 0.15) is 5.82 Å². The molecular weight excluding hydrogens is 422 g/mol. The quantitative estimate of drug-likeness (QED) is 0.362. The molecule has 0 saturated heterocycles. The SMILES string of the molecule is CC(=O)Nc1cc(CSc2ccsc2-c2nnc(Nc3ccccc3)s2)ccn1. The number of thioether (sulfide) groups is 1. The van der Waals surface area contributed by atoms with Gasteiger partial charge in [0.2, 0.25) is 11.0 Å². The van der Waals surface area contributed by atoms with Gasteiger partial charge in [-0.1, -0.05) is 29.5 Å². The van der Waals surface area contributed by atoms with Gasteiger partial charge in [0.05, 0.1) is 4.88 Å². The normalized spacial score (nSPS) is 10.7. The Bertz CT molecular complexity index is 1110. The van der Waals surface area contributed by atoms with Gasteiger partial charge >= 0.3 is 0 Å². The molecule has 0 aliphatic carbocycles. The molecule has 0 saturated carbocycles. The van der Waals surface area contributed by atoms with Crippen LogP contribution < -0.4 is 10.6 Å². The van der Waals surface area contributed by atoms with Crippen LogP contribution in [-0.2, 0) is 10.5 Å². The second kappa shape index (κ2) is 9.17. The van der Waals surface area contributed by atoms with Crippen LogP contribution in [0.1, 0.15) is 12.5 Å². The van der Waals surface area contributed by atoms with Crippen LogP contribution in [0.3, 0.4) is 0 Å². The molecule has 0 unspecified atom stereocenters. The molecule has 146 valence electrons. The number of pyridine rings is 1. The number of amides is 1. The molecule has 1 aromatic carbocycles. The molecule has 29 heavy (non-hydrogen) atoms. The maximum Gasteiger partial charge on any atom is 0.222 e. The Hall–Kier alpha value is -2.75. The number of nitrogens with zero attached hydrogens (tertiary/aromatic N) is 3. The standard InChI is InChI=1S/C20H17N5OS3/c1-13(26)22-17-11-14(7-9-21-17)12-28-16-8-10-27-18(16)19-24-25-20(29-19)23-15-5-3-2-4-6-15/h2-11H,12H2,1H3,(H,23,25)(H,21,22,26). The number of anilines is 3. The first-order chi connectivity index (χ1) is 14.2. The van der Waals surface area contributed by atoms with Crippen molar-refractivity contribution in [2.75, 3.05) is 10.6 Å². The number of aromatic nitrogens is 3. The zero-order valence-corrected chi connectivity index (χ0v) is 17.9. The summed E-state index contributed by atoms with van der Waals surface area (Å²) in [6.07, 6.45) is 1.71. The molecule has 3 aromatic heterocycles. The van der Waals surface area contributed by atoms with Crippen LogP contribution in [-0.4, -0.2) is 21.1 Å². The zero-order valence-electron chi connectivity index (χ0n) is 15.5. The Kier molecular flexibility index (Phi) is 6.18. The van der Waals surface area contributed by atoms with Gasteiger partial charge in [-0.3, -0.25) is 4.79 Å². The number of nitrogens with one attached hydrogen (secondary N) is 2. The van der Waals surface area contributed by atoms with E-state index in [2.05, 4.69) is 37.3 Å². The molecule has 0 atom stereocenters. The number of carbonyl (C=O) groups is 1. The second-order valence-electron chi connectivity index (χ2n) is 6.04. The van der Waals surface area contributed by atoms with E-state index >= 15 is 0 Å². The van der Waals surface area contributed by atoms with Gasteiger partial charge in [0.15, 0.2) is 5.01 Å². The molecule has 3 heterocycles. The molecule has 0 aliphatic heterocycles. The Labute approximate surface area is 180 Å². The minimum atomic E-state index is -0.126. The van der Waals surface area contributed by atoms with Crippen LogP contribution in [0.4, 0.5) is 16.6 Å². The minimum Gasteiger partial charge on any atom is -0.330 e. The summed E-state index contributed by atoms with van der Waals surface area (Å²) in [5, 5.41) is 18.4. The third-order valence-electron chi connectivity index (χ3n) is 3.80. The Morgan fingerprint density at radius 2 is 2.00 bits per heavy atom. The number of thiophene rings is 1. The highest BCUT2D eigenvalue weighted by Crippen LogP contribution is 2.40. The van der Waals surface area contributed by atoms with Crippen LogP contribution in [0.5, 0.6) is 0 Å². The Morgan fingerprint density at radius 3 is 2.83 bits per heavy atom. The van der Waals surface area contributed by atoms with Crippen molar-refractivity contribution >= 4 is 57.0 Å². The first kappa shape index (κ1) is 19.6. The maximum atomic E-state index is 11.2. The number of hydrogen-bond acceptors (Lipinski definition) is 8. The van der Waals surface area contributed by atoms with E-state index in [1.165, 1.54) is 18.3 Å². The van der Waals surface area contributed by atoms with Crippen molar-refractivity contribution < 1.29 is 4.79 Å². The van der Waals surface area contributed by atoms with Gasteiger partial charge in [0.25, 0.3) is 0 Å². The number of benzene rings is 1. The van der Waals surface area contributed by atoms with Crippen LogP contribution in [0.15, 0.2) is 65.0 Å². The molecule has 1 amide bonds. The first-order valence-electron chi connectivity index (χ1n) is 8.76. The largest absolute Gasteiger partial charge is 0.330 e. The predicted octanol–water partition coefficient (Wildman–Crippen LogP) is 5.66. The third-order valence-corrected chi connectivity index (χ3v) is 6.96. The molecule has 2 N–H and O–H groups in total. The number of para-hydroxylation sites is 1. The molecular formula is C20H17N5OS3. The van der Waals surface area contributed by atoms with E-state index < -0.39 is 0 Å². The molecule has 9 heteroatoms. The molecule has 4 rings (SSSR count). The Balaban J connectivity index is 1.45. The summed E-state index contributed by atoms with van der Waals surface area (Å²) in [6, 6.07) is 15.9. The van der Waals surface area contributed by atoms with Gasteiger partial charge in [-0.25, -0.2) is 4.98 Å². The molecule has 0 aliphatic rings. The van der Waals surface area contributed by atoms with Crippen molar-refractivity contribution in [1.82, 2.24) is 15.2 Å². The van der Waals surface area contributed by atoms with Crippen molar-refractivity contribution in [3.63, 3.8) is 0 Å². The third kappa shape index (κ3) is 5.20. The minimum absolute atomic E-state index is 0.126. The lowest BCUT2D eigenvalue weighted by Gasteiger charge is -2.05. The van der Waals surface area contributed by atoms with Crippen molar-refractivity contribution in [2.45, 2.75) is 17.6 Å². The smallest absolute Gasteiger partial charge is 0.222 e. The lowest BCUT2D eigenvalue weighted by atomic mass is 10.3. The van der Waals surface area contributed by atoms with Crippen LogP contribution in [0.2, 0.25) is 0 Å². The van der Waals surface area contributed by atoms with Gasteiger partial charge in [-0.05, 0) is 41.3 Å². The van der Waals surface area contributed by atoms with Crippen LogP contribution in [0, 0.1) is 0 Å². The van der Waals surface area contributed by atoms with Crippen molar-refractivity contribution in [3.05, 3.63) is 65.7 Å². The Morgan fingerprint density at radius 1 is 1.14 bits per heavy atom. The van der Waals surface area contributed by atoms with Crippen molar-refractivity contribution in [2.24, 2.45) is 0 Å². The van der Waals surface area contributed by atoms with Gasteiger partial charge in [-0.2, -0.15) is 0 Å². The highest BCUT2D eigenvalue weighted by molar-refractivity contribution is 7.98. The topological polar surface area (TPSA) is 79.8 Å². The monoisotopic (exact) mass is 439 g/mol. The summed E-state index contributed by atoms with van der Waals surface area (Å²) in [6.45, 7) is 1.48. The zero-order chi connectivity index (χ0) is 20.1. The summed E-state index contributed by atoms with van der Waals surface area (Å²) in [7, 11) is 0. The van der Waals surface area contributed by atoms with Crippen molar-refractivity contribution in [1.29, 1.82) is 0 Å². The molecule has 0 fully saturated rings. The van der Waals surface area contributed by atoms with Gasteiger partial charge in [0, 0.05) is 29.5 Å². The number of hydrogen-bond donors (Lipinski definition) is 2. The maximum absolute atomic E-state index is 11.2. The van der Waals surface area contributed by atoms with Crippen molar-refractivity contribution in [3.8, 4) is 9.88 Å². The second-order valence-corrected chi connectivity index (χ2v) is 8.95. The van der Waals surface area contributed by atoms with E-state index in [1.807, 2.05) is 42.5 Å². The van der Waals surface area contributed by atoms with E-state index in [-0.39, 0.29) is 5.91 Å². The summed E-state index contributed by atoms with van der Waals surface area (Å²) >= 11 is 4.93. The summed E-state index contributed by atoms with van der Waals surface area (Å²) in [5.41, 5.74) is 2.08. The average Bonchev–Trinajstić information content (AvgIpc) is 3.36. The van der Waals surface area contributed by atoms with E-state index in [4.69, 9.17) is 0 Å². The van der Waals surface area contributed by atoms with E-state index in [0.717, 1.165) is 36.9 Å². The molecule has 0 bridgehead atoms.